The summed E-state index contributed by atoms with van der Waals surface area (Å²) in [6, 6.07) is 5.83. The van der Waals surface area contributed by atoms with Gasteiger partial charge in [0.05, 0.1) is 6.54 Å². The van der Waals surface area contributed by atoms with E-state index < -0.39 is 0 Å². The zero-order valence-electron chi connectivity index (χ0n) is 6.94. The Hall–Kier alpha value is -1.10. The van der Waals surface area contributed by atoms with Gasteiger partial charge in [-0.15, -0.1) is 0 Å². The molecule has 0 unspecified atom stereocenters. The van der Waals surface area contributed by atoms with Crippen molar-refractivity contribution in [3.63, 3.8) is 0 Å². The molecule has 68 valence electrons. The second-order valence-electron chi connectivity index (χ2n) is 2.66. The van der Waals surface area contributed by atoms with E-state index in [4.69, 9.17) is 0 Å². The lowest BCUT2D eigenvalue weighted by Gasteiger charge is -2.21. The highest BCUT2D eigenvalue weighted by Crippen LogP contribution is 2.13. The Balaban J connectivity index is 2.24. The fourth-order valence-corrected chi connectivity index (χ4v) is 1.47. The molecular formula is C8H9BrN4. The summed E-state index contributed by atoms with van der Waals surface area (Å²) >= 11 is 3.33. The molecule has 0 spiro atoms. The second kappa shape index (κ2) is 3.74. The molecule has 0 aromatic carbocycles. The van der Waals surface area contributed by atoms with E-state index in [1.54, 1.807) is 6.34 Å². The van der Waals surface area contributed by atoms with Crippen molar-refractivity contribution in [1.82, 2.24) is 10.4 Å². The molecule has 0 fully saturated rings. The molecule has 0 aliphatic carbocycles. The zero-order valence-corrected chi connectivity index (χ0v) is 8.53. The molecule has 0 saturated carbocycles. The number of halogens is 1. The number of pyridine rings is 1. The van der Waals surface area contributed by atoms with Crippen molar-refractivity contribution in [1.29, 1.82) is 0 Å². The van der Waals surface area contributed by atoms with Gasteiger partial charge < -0.3 is 10.3 Å². The van der Waals surface area contributed by atoms with Gasteiger partial charge in [0.25, 0.3) is 0 Å². The third-order valence-corrected chi connectivity index (χ3v) is 2.19. The summed E-state index contributed by atoms with van der Waals surface area (Å²) in [5.74, 6) is 0.916. The minimum atomic E-state index is 0.844. The minimum Gasteiger partial charge on any atom is -0.314 e. The lowest BCUT2D eigenvalue weighted by Crippen LogP contribution is -2.35. The first-order valence-corrected chi connectivity index (χ1v) is 4.81. The van der Waals surface area contributed by atoms with Gasteiger partial charge in [0.2, 0.25) is 0 Å². The summed E-state index contributed by atoms with van der Waals surface area (Å²) in [4.78, 5) is 6.32. The molecule has 1 N–H and O–H groups in total. The van der Waals surface area contributed by atoms with Crippen LogP contribution < -0.4 is 10.3 Å². The minimum absolute atomic E-state index is 0.844. The maximum atomic E-state index is 4.32. The van der Waals surface area contributed by atoms with E-state index in [0.29, 0.717) is 0 Å². The lowest BCUT2D eigenvalue weighted by molar-refractivity contribution is 0.704. The largest absolute Gasteiger partial charge is 0.314 e. The van der Waals surface area contributed by atoms with Gasteiger partial charge in [-0.1, -0.05) is 6.07 Å². The van der Waals surface area contributed by atoms with E-state index in [1.807, 2.05) is 23.1 Å². The average Bonchev–Trinajstić information content (AvgIpc) is 2.19. The smallest absolute Gasteiger partial charge is 0.135 e. The van der Waals surface area contributed by atoms with Gasteiger partial charge in [0, 0.05) is 6.54 Å². The van der Waals surface area contributed by atoms with E-state index in [9.17, 15) is 0 Å². The lowest BCUT2D eigenvalue weighted by atomic mass is 10.4. The van der Waals surface area contributed by atoms with Crippen LogP contribution in [-0.2, 0) is 0 Å². The first-order valence-electron chi connectivity index (χ1n) is 4.01. The summed E-state index contributed by atoms with van der Waals surface area (Å²) in [6.07, 6.45) is 1.75. The maximum absolute atomic E-state index is 4.32. The summed E-state index contributed by atoms with van der Waals surface area (Å²) in [5.41, 5.74) is 2.89. The average molecular weight is 241 g/mol. The van der Waals surface area contributed by atoms with Gasteiger partial charge in [-0.25, -0.2) is 4.98 Å². The Morgan fingerprint density at radius 2 is 2.38 bits per heavy atom. The molecule has 1 aromatic heterocycles. The molecule has 5 heteroatoms. The molecule has 13 heavy (non-hydrogen) atoms. The molecule has 0 atom stereocenters. The number of aromatic nitrogens is 1. The highest BCUT2D eigenvalue weighted by Gasteiger charge is 2.07. The normalized spacial score (nSPS) is 15.6. The second-order valence-corrected chi connectivity index (χ2v) is 3.48. The van der Waals surface area contributed by atoms with Crippen LogP contribution >= 0.6 is 15.9 Å². The Morgan fingerprint density at radius 3 is 3.08 bits per heavy atom. The molecule has 2 heterocycles. The van der Waals surface area contributed by atoms with Gasteiger partial charge >= 0.3 is 0 Å². The number of hydrazone groups is 1. The van der Waals surface area contributed by atoms with Crippen molar-refractivity contribution in [3.8, 4) is 0 Å². The predicted octanol–water partition coefficient (Wildman–Crippen LogP) is 1.20. The number of rotatable bonds is 1. The van der Waals surface area contributed by atoms with Crippen molar-refractivity contribution in [2.45, 2.75) is 0 Å². The van der Waals surface area contributed by atoms with Crippen LogP contribution in [0.1, 0.15) is 0 Å². The van der Waals surface area contributed by atoms with Gasteiger partial charge in [-0.3, -0.25) is 0 Å². The summed E-state index contributed by atoms with van der Waals surface area (Å²) < 4.78 is 0.844. The molecule has 0 amide bonds. The number of hydrogen-bond acceptors (Lipinski definition) is 4. The van der Waals surface area contributed by atoms with Gasteiger partial charge in [-0.05, 0) is 28.1 Å². The Bertz CT molecular complexity index is 326. The standard InChI is InChI=1S/C8H9BrN4/c9-7-2-1-3-8(12-7)13-5-4-10-11-6-13/h1-3,6,10H,4-5H2. The number of nitrogens with zero attached hydrogens (tertiary/aromatic N) is 3. The Labute approximate surface area is 84.8 Å². The van der Waals surface area contributed by atoms with Crippen LogP contribution in [0, 0.1) is 0 Å². The van der Waals surface area contributed by atoms with Gasteiger partial charge in [0.15, 0.2) is 0 Å². The molecule has 4 nitrogen and oxygen atoms in total. The molecule has 2 rings (SSSR count). The van der Waals surface area contributed by atoms with Crippen molar-refractivity contribution in [3.05, 3.63) is 22.8 Å². The zero-order chi connectivity index (χ0) is 9.10. The third-order valence-electron chi connectivity index (χ3n) is 1.75. The van der Waals surface area contributed by atoms with Crippen LogP contribution in [0.5, 0.6) is 0 Å². The first-order chi connectivity index (χ1) is 6.36. The van der Waals surface area contributed by atoms with Crippen molar-refractivity contribution >= 4 is 28.1 Å². The summed E-state index contributed by atoms with van der Waals surface area (Å²) in [7, 11) is 0. The Morgan fingerprint density at radius 1 is 1.46 bits per heavy atom. The first kappa shape index (κ1) is 8.50. The summed E-state index contributed by atoms with van der Waals surface area (Å²) in [5, 5.41) is 3.96. The SMILES string of the molecule is Brc1cccc(N2C=NNCC2)n1. The van der Waals surface area contributed by atoms with Crippen molar-refractivity contribution < 1.29 is 0 Å². The van der Waals surface area contributed by atoms with Crippen molar-refractivity contribution in [2.75, 3.05) is 18.0 Å². The van der Waals surface area contributed by atoms with Crippen LogP contribution in [0.4, 0.5) is 5.82 Å². The van der Waals surface area contributed by atoms with E-state index in [0.717, 1.165) is 23.5 Å². The number of anilines is 1. The highest BCUT2D eigenvalue weighted by molar-refractivity contribution is 9.10. The highest BCUT2D eigenvalue weighted by atomic mass is 79.9. The molecular weight excluding hydrogens is 232 g/mol. The van der Waals surface area contributed by atoms with E-state index >= 15 is 0 Å². The van der Waals surface area contributed by atoms with E-state index in [-0.39, 0.29) is 0 Å². The monoisotopic (exact) mass is 240 g/mol. The fourth-order valence-electron chi connectivity index (χ4n) is 1.13. The predicted molar refractivity (Wildman–Crippen MR) is 55.8 cm³/mol. The Kier molecular flexibility index (Phi) is 2.44. The van der Waals surface area contributed by atoms with Crippen LogP contribution in [0.2, 0.25) is 0 Å². The number of hydrogen-bond donors (Lipinski definition) is 1. The molecule has 1 aliphatic heterocycles. The van der Waals surface area contributed by atoms with Crippen LogP contribution in [0.3, 0.4) is 0 Å². The van der Waals surface area contributed by atoms with Crippen LogP contribution in [0.25, 0.3) is 0 Å². The molecule has 0 radical (unpaired) electrons. The fraction of sp³-hybridized carbons (Fsp3) is 0.250. The van der Waals surface area contributed by atoms with Gasteiger partial charge in [0.1, 0.15) is 16.8 Å². The molecule has 0 saturated heterocycles. The van der Waals surface area contributed by atoms with E-state index in [1.165, 1.54) is 0 Å². The van der Waals surface area contributed by atoms with Crippen molar-refractivity contribution in [2.24, 2.45) is 5.10 Å². The molecule has 1 aromatic rings. The quantitative estimate of drug-likeness (QED) is 0.751. The van der Waals surface area contributed by atoms with Gasteiger partial charge in [-0.2, -0.15) is 5.10 Å². The third kappa shape index (κ3) is 1.98. The van der Waals surface area contributed by atoms with Crippen LogP contribution in [0.15, 0.2) is 27.9 Å². The topological polar surface area (TPSA) is 40.5 Å². The molecule has 1 aliphatic rings. The van der Waals surface area contributed by atoms with Crippen LogP contribution in [-0.4, -0.2) is 24.4 Å². The summed E-state index contributed by atoms with van der Waals surface area (Å²) in [6.45, 7) is 1.75. The number of nitrogens with one attached hydrogen (secondary N) is 1. The maximum Gasteiger partial charge on any atom is 0.135 e. The van der Waals surface area contributed by atoms with E-state index in [2.05, 4.69) is 31.4 Å². The molecule has 0 bridgehead atoms.